The van der Waals surface area contributed by atoms with Gasteiger partial charge in [-0.2, -0.15) is 0 Å². The Bertz CT molecular complexity index is 849. The number of rotatable bonds is 6. The van der Waals surface area contributed by atoms with E-state index in [-0.39, 0.29) is 23.8 Å². The molecule has 0 saturated carbocycles. The average molecular weight is 371 g/mol. The lowest BCUT2D eigenvalue weighted by Crippen LogP contribution is -2.39. The topological polar surface area (TPSA) is 67.3 Å². The van der Waals surface area contributed by atoms with Crippen LogP contribution >= 0.6 is 0 Å². The van der Waals surface area contributed by atoms with E-state index >= 15 is 0 Å². The molecule has 27 heavy (non-hydrogen) atoms. The van der Waals surface area contributed by atoms with E-state index < -0.39 is 0 Å². The Hall–Kier alpha value is -2.34. The van der Waals surface area contributed by atoms with Crippen LogP contribution in [-0.2, 0) is 11.8 Å². The first kappa shape index (κ1) is 19.4. The fraction of sp³-hybridized carbons (Fsp3) is 0.524. The van der Waals surface area contributed by atoms with Crippen LogP contribution in [0.4, 0.5) is 0 Å². The lowest BCUT2D eigenvalue weighted by molar-refractivity contribution is 0.0525. The molecule has 1 N–H and O–H groups in total. The maximum absolute atomic E-state index is 13.3. The molecule has 0 amide bonds. The van der Waals surface area contributed by atoms with Crippen LogP contribution in [-0.4, -0.2) is 45.4 Å². The summed E-state index contributed by atoms with van der Waals surface area (Å²) in [5.74, 6) is -0.356. The van der Waals surface area contributed by atoms with Gasteiger partial charge in [0.25, 0.3) is 0 Å². The number of carbonyl (C=O) groups is 2. The predicted octanol–water partition coefficient (Wildman–Crippen LogP) is 3.56. The number of nitrogens with zero attached hydrogens (tertiary/aromatic N) is 2. The number of Topliss-reactive ketones (excluding diaryl/α,β-unsaturated/α-hetero) is 1. The van der Waals surface area contributed by atoms with Crippen LogP contribution in [0, 0.1) is 13.8 Å². The summed E-state index contributed by atoms with van der Waals surface area (Å²) in [6.45, 7) is 8.57. The Morgan fingerprint density at radius 3 is 2.74 bits per heavy atom. The van der Waals surface area contributed by atoms with E-state index in [4.69, 9.17) is 4.74 Å². The number of aromatic nitrogens is 2. The largest absolute Gasteiger partial charge is 0.462 e. The second-order valence-electron chi connectivity index (χ2n) is 7.33. The van der Waals surface area contributed by atoms with E-state index in [1.807, 2.05) is 40.1 Å². The van der Waals surface area contributed by atoms with E-state index in [0.717, 1.165) is 19.4 Å². The van der Waals surface area contributed by atoms with Gasteiger partial charge >= 0.3 is 5.97 Å². The van der Waals surface area contributed by atoms with E-state index in [1.165, 1.54) is 5.69 Å². The van der Waals surface area contributed by atoms with Gasteiger partial charge in [-0.05, 0) is 64.8 Å². The molecule has 0 unspecified atom stereocenters. The van der Waals surface area contributed by atoms with Gasteiger partial charge in [-0.1, -0.05) is 0 Å². The van der Waals surface area contributed by atoms with Crippen LogP contribution in [0.2, 0.25) is 0 Å². The average Bonchev–Trinajstić information content (AvgIpc) is 3.32. The van der Waals surface area contributed by atoms with Gasteiger partial charge < -0.3 is 14.3 Å². The van der Waals surface area contributed by atoms with Crippen molar-refractivity contribution in [3.05, 3.63) is 46.5 Å². The first-order valence-electron chi connectivity index (χ1n) is 9.64. The fourth-order valence-electron chi connectivity index (χ4n) is 4.26. The van der Waals surface area contributed by atoms with Gasteiger partial charge in [0.15, 0.2) is 5.78 Å². The number of nitrogens with one attached hydrogen (secondary N) is 1. The van der Waals surface area contributed by atoms with E-state index in [0.29, 0.717) is 29.1 Å². The molecule has 2 aromatic rings. The van der Waals surface area contributed by atoms with Gasteiger partial charge in [0.1, 0.15) is 0 Å². The van der Waals surface area contributed by atoms with Crippen LogP contribution < -0.4 is 0 Å². The van der Waals surface area contributed by atoms with Crippen molar-refractivity contribution in [1.29, 1.82) is 0 Å². The molecule has 0 radical (unpaired) electrons. The van der Waals surface area contributed by atoms with Crippen molar-refractivity contribution < 1.29 is 14.3 Å². The molecule has 3 rings (SSSR count). The number of aromatic amines is 1. The SMILES string of the molecule is CCOC(=O)c1c(C)[nH]c(C(=O)[C@H](C)N2CCC[C@@H]2c2cccn2C)c1C. The molecule has 0 aliphatic carbocycles. The van der Waals surface area contributed by atoms with Crippen molar-refractivity contribution in [2.24, 2.45) is 7.05 Å². The van der Waals surface area contributed by atoms with Crippen molar-refractivity contribution in [3.63, 3.8) is 0 Å². The minimum atomic E-state index is -0.377. The van der Waals surface area contributed by atoms with Gasteiger partial charge in [0, 0.05) is 24.6 Å². The Morgan fingerprint density at radius 2 is 2.11 bits per heavy atom. The lowest BCUT2D eigenvalue weighted by Gasteiger charge is -2.30. The molecule has 2 atom stereocenters. The molecule has 1 saturated heterocycles. The molecule has 1 aliphatic rings. The molecule has 1 fully saturated rings. The molecule has 1 aliphatic heterocycles. The highest BCUT2D eigenvalue weighted by atomic mass is 16.5. The van der Waals surface area contributed by atoms with Crippen molar-refractivity contribution in [1.82, 2.24) is 14.5 Å². The summed E-state index contributed by atoms with van der Waals surface area (Å²) in [7, 11) is 2.04. The number of H-pyrrole nitrogens is 1. The molecule has 0 bridgehead atoms. The van der Waals surface area contributed by atoms with Crippen LogP contribution in [0.15, 0.2) is 18.3 Å². The standard InChI is InChI=1S/C21H29N3O3/c1-6-27-21(26)18-13(2)19(22-14(18)3)20(25)15(4)24-12-8-10-17(24)16-9-7-11-23(16)5/h7,9,11,15,17,22H,6,8,10,12H2,1-5H3/t15-,17+/m0/s1. The summed E-state index contributed by atoms with van der Waals surface area (Å²) in [5, 5.41) is 0. The molecule has 6 heteroatoms. The molecule has 6 nitrogen and oxygen atoms in total. The van der Waals surface area contributed by atoms with Crippen molar-refractivity contribution in [2.75, 3.05) is 13.2 Å². The number of ketones is 1. The monoisotopic (exact) mass is 371 g/mol. The number of likely N-dealkylation sites (tertiary alicyclic amines) is 1. The summed E-state index contributed by atoms with van der Waals surface area (Å²) in [6, 6.07) is 4.15. The molecular weight excluding hydrogens is 342 g/mol. The van der Waals surface area contributed by atoms with Crippen molar-refractivity contribution in [2.45, 2.75) is 52.6 Å². The van der Waals surface area contributed by atoms with Crippen LogP contribution in [0.25, 0.3) is 0 Å². The minimum absolute atomic E-state index is 0.0206. The van der Waals surface area contributed by atoms with Crippen LogP contribution in [0.3, 0.4) is 0 Å². The molecule has 146 valence electrons. The molecular formula is C21H29N3O3. The third-order valence-corrected chi connectivity index (χ3v) is 5.66. The number of aryl methyl sites for hydroxylation is 2. The smallest absolute Gasteiger partial charge is 0.340 e. The van der Waals surface area contributed by atoms with Crippen LogP contribution in [0.5, 0.6) is 0 Å². The summed E-state index contributed by atoms with van der Waals surface area (Å²) in [5.41, 5.74) is 3.59. The zero-order valence-electron chi connectivity index (χ0n) is 16.8. The Kier molecular flexibility index (Phi) is 5.56. The molecule has 0 spiro atoms. The van der Waals surface area contributed by atoms with Gasteiger partial charge in [-0.25, -0.2) is 4.79 Å². The quantitative estimate of drug-likeness (QED) is 0.623. The lowest BCUT2D eigenvalue weighted by atomic mass is 10.0. The Labute approximate surface area is 160 Å². The van der Waals surface area contributed by atoms with Gasteiger partial charge in [0.05, 0.1) is 29.9 Å². The molecule has 3 heterocycles. The third kappa shape index (κ3) is 3.46. The van der Waals surface area contributed by atoms with E-state index in [9.17, 15) is 9.59 Å². The summed E-state index contributed by atoms with van der Waals surface area (Å²) in [6.07, 6.45) is 4.17. The minimum Gasteiger partial charge on any atom is -0.462 e. The Balaban J connectivity index is 1.86. The Morgan fingerprint density at radius 1 is 1.37 bits per heavy atom. The van der Waals surface area contributed by atoms with E-state index in [1.54, 1.807) is 6.92 Å². The van der Waals surface area contributed by atoms with Crippen molar-refractivity contribution >= 4 is 11.8 Å². The first-order chi connectivity index (χ1) is 12.9. The first-order valence-corrected chi connectivity index (χ1v) is 9.64. The normalized spacial score (nSPS) is 18.6. The van der Waals surface area contributed by atoms with Gasteiger partial charge in [-0.3, -0.25) is 9.69 Å². The predicted molar refractivity (Wildman–Crippen MR) is 104 cm³/mol. The highest BCUT2D eigenvalue weighted by molar-refractivity contribution is 6.03. The maximum Gasteiger partial charge on any atom is 0.340 e. The van der Waals surface area contributed by atoms with E-state index in [2.05, 4.69) is 20.5 Å². The number of hydrogen-bond donors (Lipinski definition) is 1. The van der Waals surface area contributed by atoms with Crippen molar-refractivity contribution in [3.8, 4) is 0 Å². The zero-order valence-corrected chi connectivity index (χ0v) is 16.8. The summed E-state index contributed by atoms with van der Waals surface area (Å²) in [4.78, 5) is 30.9. The zero-order chi connectivity index (χ0) is 19.7. The second kappa shape index (κ2) is 7.72. The number of hydrogen-bond acceptors (Lipinski definition) is 4. The second-order valence-corrected chi connectivity index (χ2v) is 7.33. The highest BCUT2D eigenvalue weighted by Gasteiger charge is 2.36. The summed E-state index contributed by atoms with van der Waals surface area (Å²) >= 11 is 0. The fourth-order valence-corrected chi connectivity index (χ4v) is 4.26. The van der Waals surface area contributed by atoms with Gasteiger partial charge in [0.2, 0.25) is 0 Å². The highest BCUT2D eigenvalue weighted by Crippen LogP contribution is 2.34. The number of carbonyl (C=O) groups excluding carboxylic acids is 2. The summed E-state index contributed by atoms with van der Waals surface area (Å²) < 4.78 is 7.27. The molecule has 2 aromatic heterocycles. The molecule has 0 aromatic carbocycles. The van der Waals surface area contributed by atoms with Gasteiger partial charge in [-0.15, -0.1) is 0 Å². The third-order valence-electron chi connectivity index (χ3n) is 5.66. The number of esters is 1. The van der Waals surface area contributed by atoms with Crippen LogP contribution in [0.1, 0.15) is 70.5 Å². The maximum atomic E-state index is 13.3. The number of ether oxygens (including phenoxy) is 1.